The zero-order valence-corrected chi connectivity index (χ0v) is 16.5. The fourth-order valence-electron chi connectivity index (χ4n) is 3.36. The Balaban J connectivity index is 1.36. The molecular weight excluding hydrogens is 388 g/mol. The van der Waals surface area contributed by atoms with Crippen LogP contribution in [-0.2, 0) is 4.79 Å². The van der Waals surface area contributed by atoms with Crippen LogP contribution in [0.5, 0.6) is 11.5 Å². The predicted octanol–water partition coefficient (Wildman–Crippen LogP) is 4.78. The molecule has 0 bridgehead atoms. The first-order valence-corrected chi connectivity index (χ1v) is 9.91. The molecule has 1 saturated heterocycles. The highest BCUT2D eigenvalue weighted by Gasteiger charge is 2.26. The lowest BCUT2D eigenvalue weighted by Gasteiger charge is -2.32. The Hall–Kier alpha value is -3.12. The van der Waals surface area contributed by atoms with E-state index in [0.717, 1.165) is 30.9 Å². The Bertz CT molecular complexity index is 966. The molecule has 1 atom stereocenters. The minimum absolute atomic E-state index is 0.0124. The van der Waals surface area contributed by atoms with Crippen LogP contribution in [0.4, 0.5) is 11.5 Å². The molecule has 1 fully saturated rings. The number of rotatable bonds is 5. The predicted molar refractivity (Wildman–Crippen MR) is 114 cm³/mol. The number of para-hydroxylation sites is 1. The van der Waals surface area contributed by atoms with Gasteiger partial charge in [-0.15, -0.1) is 0 Å². The van der Waals surface area contributed by atoms with Gasteiger partial charge in [-0.05, 0) is 49.2 Å². The number of hydrogen-bond donors (Lipinski definition) is 1. The Labute approximate surface area is 174 Å². The van der Waals surface area contributed by atoms with E-state index >= 15 is 0 Å². The van der Waals surface area contributed by atoms with Crippen molar-refractivity contribution in [1.29, 1.82) is 0 Å². The van der Waals surface area contributed by atoms with Crippen LogP contribution < -0.4 is 15.0 Å². The number of hydrogen-bond acceptors (Lipinski definition) is 5. The van der Waals surface area contributed by atoms with Crippen molar-refractivity contribution in [2.45, 2.75) is 12.8 Å². The fourth-order valence-corrected chi connectivity index (χ4v) is 3.53. The maximum Gasteiger partial charge on any atom is 0.229 e. The van der Waals surface area contributed by atoms with Gasteiger partial charge in [0, 0.05) is 31.2 Å². The third kappa shape index (κ3) is 4.84. The molecule has 29 heavy (non-hydrogen) atoms. The smallest absolute Gasteiger partial charge is 0.229 e. The molecule has 1 unspecified atom stereocenters. The lowest BCUT2D eigenvalue weighted by molar-refractivity contribution is -0.120. The summed E-state index contributed by atoms with van der Waals surface area (Å²) in [5.41, 5.74) is 0.734. The van der Waals surface area contributed by atoms with Gasteiger partial charge in [0.1, 0.15) is 17.3 Å². The molecule has 6 nitrogen and oxygen atoms in total. The number of amides is 1. The number of nitrogens with zero attached hydrogens (tertiary/aromatic N) is 3. The number of benzene rings is 2. The summed E-state index contributed by atoms with van der Waals surface area (Å²) in [7, 11) is 0. The van der Waals surface area contributed by atoms with E-state index in [4.69, 9.17) is 16.3 Å². The molecule has 3 aromatic rings. The number of piperidine rings is 1. The number of halogens is 1. The normalized spacial score (nSPS) is 16.3. The molecule has 1 aliphatic rings. The first-order valence-electron chi connectivity index (χ1n) is 9.53. The second kappa shape index (κ2) is 8.92. The van der Waals surface area contributed by atoms with Crippen LogP contribution in [0.2, 0.25) is 5.02 Å². The number of nitrogens with one attached hydrogen (secondary N) is 1. The van der Waals surface area contributed by atoms with E-state index in [1.165, 1.54) is 0 Å². The first-order chi connectivity index (χ1) is 14.2. The van der Waals surface area contributed by atoms with E-state index in [9.17, 15) is 4.79 Å². The van der Waals surface area contributed by atoms with Crippen LogP contribution in [0.25, 0.3) is 0 Å². The third-order valence-electron chi connectivity index (χ3n) is 4.85. The average molecular weight is 409 g/mol. The Morgan fingerprint density at radius 2 is 1.97 bits per heavy atom. The first kappa shape index (κ1) is 19.2. The molecular formula is C22H21ClN4O2. The molecule has 148 valence electrons. The Morgan fingerprint density at radius 3 is 2.72 bits per heavy atom. The lowest BCUT2D eigenvalue weighted by Crippen LogP contribution is -2.41. The van der Waals surface area contributed by atoms with Crippen molar-refractivity contribution < 1.29 is 9.53 Å². The number of ether oxygens (including phenoxy) is 1. The van der Waals surface area contributed by atoms with E-state index in [1.807, 2.05) is 42.5 Å². The number of aromatic nitrogens is 2. The molecule has 0 radical (unpaired) electrons. The Kier molecular flexibility index (Phi) is 5.91. The summed E-state index contributed by atoms with van der Waals surface area (Å²) in [6, 6.07) is 14.6. The van der Waals surface area contributed by atoms with E-state index in [0.29, 0.717) is 23.1 Å². The molecule has 0 saturated carbocycles. The maximum absolute atomic E-state index is 12.7. The van der Waals surface area contributed by atoms with Gasteiger partial charge in [0.05, 0.1) is 17.1 Å². The van der Waals surface area contributed by atoms with Crippen molar-refractivity contribution in [2.75, 3.05) is 23.3 Å². The van der Waals surface area contributed by atoms with E-state index < -0.39 is 0 Å². The molecule has 1 N–H and O–H groups in total. The second-order valence-corrected chi connectivity index (χ2v) is 7.30. The Morgan fingerprint density at radius 1 is 1.14 bits per heavy atom. The van der Waals surface area contributed by atoms with Gasteiger partial charge >= 0.3 is 0 Å². The fraction of sp³-hybridized carbons (Fsp3) is 0.227. The van der Waals surface area contributed by atoms with Crippen molar-refractivity contribution in [3.05, 3.63) is 72.1 Å². The lowest BCUT2D eigenvalue weighted by atomic mass is 9.97. The van der Waals surface area contributed by atoms with E-state index in [2.05, 4.69) is 20.2 Å². The summed E-state index contributed by atoms with van der Waals surface area (Å²) < 4.78 is 5.78. The molecule has 1 amide bonds. The zero-order valence-electron chi connectivity index (χ0n) is 15.8. The van der Waals surface area contributed by atoms with Gasteiger partial charge in [-0.3, -0.25) is 9.78 Å². The van der Waals surface area contributed by atoms with Crippen LogP contribution in [0.15, 0.2) is 67.1 Å². The molecule has 1 aliphatic heterocycles. The van der Waals surface area contributed by atoms with Gasteiger partial charge in [0.15, 0.2) is 0 Å². The van der Waals surface area contributed by atoms with E-state index in [-0.39, 0.29) is 11.8 Å². The molecule has 2 heterocycles. The zero-order chi connectivity index (χ0) is 20.1. The highest BCUT2D eigenvalue weighted by atomic mass is 35.5. The van der Waals surface area contributed by atoms with Crippen molar-refractivity contribution in [2.24, 2.45) is 5.92 Å². The number of anilines is 2. The highest BCUT2D eigenvalue weighted by molar-refractivity contribution is 6.32. The minimum Gasteiger partial charge on any atom is -0.456 e. The number of carbonyl (C=O) groups excluding carboxylic acids is 1. The monoisotopic (exact) mass is 408 g/mol. The van der Waals surface area contributed by atoms with Crippen molar-refractivity contribution in [3.8, 4) is 11.5 Å². The third-order valence-corrected chi connectivity index (χ3v) is 5.16. The van der Waals surface area contributed by atoms with Gasteiger partial charge in [0.25, 0.3) is 0 Å². The van der Waals surface area contributed by atoms with Gasteiger partial charge in [0.2, 0.25) is 5.91 Å². The number of carbonyl (C=O) groups is 1. The standard InChI is InChI=1S/C22H21ClN4O2/c23-19-5-1-2-6-20(19)29-18-9-7-17(8-10-18)26-22(28)16-4-3-13-27(15-16)21-14-24-11-12-25-21/h1-2,5-12,14,16H,3-4,13,15H2,(H,26,28). The van der Waals surface area contributed by atoms with E-state index in [1.54, 1.807) is 24.7 Å². The SMILES string of the molecule is O=C(Nc1ccc(Oc2ccccc2Cl)cc1)C1CCCN(c2cnccn2)C1. The van der Waals surface area contributed by atoms with Crippen molar-refractivity contribution in [3.63, 3.8) is 0 Å². The molecule has 4 rings (SSSR count). The van der Waals surface area contributed by atoms with Crippen LogP contribution >= 0.6 is 11.6 Å². The molecule has 0 spiro atoms. The van der Waals surface area contributed by atoms with Crippen LogP contribution in [0.3, 0.4) is 0 Å². The van der Waals surface area contributed by atoms with Gasteiger partial charge in [-0.1, -0.05) is 23.7 Å². The maximum atomic E-state index is 12.7. The summed E-state index contributed by atoms with van der Waals surface area (Å²) >= 11 is 6.12. The summed E-state index contributed by atoms with van der Waals surface area (Å²) in [6.07, 6.45) is 6.86. The van der Waals surface area contributed by atoms with Crippen LogP contribution in [-0.4, -0.2) is 29.0 Å². The summed E-state index contributed by atoms with van der Waals surface area (Å²) in [5.74, 6) is 1.98. The minimum atomic E-state index is -0.0928. The summed E-state index contributed by atoms with van der Waals surface area (Å²) in [5, 5.41) is 3.55. The van der Waals surface area contributed by atoms with Crippen molar-refractivity contribution in [1.82, 2.24) is 9.97 Å². The molecule has 2 aromatic carbocycles. The van der Waals surface area contributed by atoms with Crippen LogP contribution in [0, 0.1) is 5.92 Å². The molecule has 0 aliphatic carbocycles. The highest BCUT2D eigenvalue weighted by Crippen LogP contribution is 2.29. The second-order valence-electron chi connectivity index (χ2n) is 6.89. The quantitative estimate of drug-likeness (QED) is 0.658. The van der Waals surface area contributed by atoms with Gasteiger partial charge < -0.3 is 15.0 Å². The topological polar surface area (TPSA) is 67.3 Å². The van der Waals surface area contributed by atoms with Crippen LogP contribution in [0.1, 0.15) is 12.8 Å². The van der Waals surface area contributed by atoms with Crippen molar-refractivity contribution >= 4 is 29.0 Å². The molecule has 7 heteroatoms. The summed E-state index contributed by atoms with van der Waals surface area (Å²) in [4.78, 5) is 23.3. The van der Waals surface area contributed by atoms with Gasteiger partial charge in [-0.25, -0.2) is 4.98 Å². The largest absolute Gasteiger partial charge is 0.456 e. The van der Waals surface area contributed by atoms with Gasteiger partial charge in [-0.2, -0.15) is 0 Å². The summed E-state index contributed by atoms with van der Waals surface area (Å²) in [6.45, 7) is 1.52. The molecule has 1 aromatic heterocycles. The average Bonchev–Trinajstić information content (AvgIpc) is 2.77.